The number of benzene rings is 2. The third-order valence-corrected chi connectivity index (χ3v) is 6.60. The number of anilines is 1. The van der Waals surface area contributed by atoms with Crippen molar-refractivity contribution in [3.8, 4) is 0 Å². The van der Waals surface area contributed by atoms with Crippen LogP contribution in [0.15, 0.2) is 47.4 Å². The lowest BCUT2D eigenvalue weighted by molar-refractivity contribution is -0.137. The molecule has 11 heteroatoms. The second-order valence-electron chi connectivity index (χ2n) is 7.96. The Hall–Kier alpha value is -2.11. The van der Waals surface area contributed by atoms with Gasteiger partial charge in [-0.05, 0) is 63.5 Å². The number of sulfonamides is 1. The van der Waals surface area contributed by atoms with Crippen molar-refractivity contribution in [3.63, 3.8) is 0 Å². The van der Waals surface area contributed by atoms with Crippen LogP contribution in [0.25, 0.3) is 0 Å². The fraction of sp³-hybridized carbons (Fsp3) is 0.368. The summed E-state index contributed by atoms with van der Waals surface area (Å²) in [5.41, 5.74) is -2.47. The van der Waals surface area contributed by atoms with Crippen molar-refractivity contribution < 1.29 is 35.3 Å². The van der Waals surface area contributed by atoms with E-state index in [2.05, 4.69) is 0 Å². The van der Waals surface area contributed by atoms with Crippen LogP contribution in [0.5, 0.6) is 0 Å². The van der Waals surface area contributed by atoms with Gasteiger partial charge in [-0.2, -0.15) is 13.2 Å². The van der Waals surface area contributed by atoms with Crippen molar-refractivity contribution >= 4 is 28.3 Å². The molecule has 0 aromatic heterocycles. The third-order valence-electron chi connectivity index (χ3n) is 5.23. The Labute approximate surface area is 172 Å². The lowest BCUT2D eigenvalue weighted by Crippen LogP contribution is -2.41. The molecule has 0 spiro atoms. The van der Waals surface area contributed by atoms with E-state index in [1.165, 1.54) is 12.1 Å². The largest absolute Gasteiger partial charge is 0.494 e. The molecule has 2 aromatic carbocycles. The number of nitrogens with one attached hydrogen (secondary N) is 1. The minimum atomic E-state index is -4.71. The second-order valence-corrected chi connectivity index (χ2v) is 9.64. The Morgan fingerprint density at radius 1 is 0.967 bits per heavy atom. The van der Waals surface area contributed by atoms with Gasteiger partial charge in [0, 0.05) is 0 Å². The average molecular weight is 445 g/mol. The number of hydrogen-bond donors (Lipinski definition) is 1. The van der Waals surface area contributed by atoms with E-state index in [0.717, 1.165) is 24.3 Å². The number of alkyl halides is 3. The highest BCUT2D eigenvalue weighted by atomic mass is 32.2. The molecule has 1 N–H and O–H groups in total. The molecule has 5 nitrogen and oxygen atoms in total. The first kappa shape index (κ1) is 22.6. The topological polar surface area (TPSA) is 64.6 Å². The maximum atomic E-state index is 14.6. The molecule has 0 unspecified atom stereocenters. The third kappa shape index (κ3) is 4.33. The van der Waals surface area contributed by atoms with Gasteiger partial charge < -0.3 is 9.31 Å². The molecule has 0 saturated carbocycles. The molecule has 30 heavy (non-hydrogen) atoms. The summed E-state index contributed by atoms with van der Waals surface area (Å²) >= 11 is 0. The van der Waals surface area contributed by atoms with Gasteiger partial charge in [-0.1, -0.05) is 12.1 Å². The van der Waals surface area contributed by atoms with Gasteiger partial charge in [0.05, 0.1) is 27.3 Å². The Morgan fingerprint density at radius 2 is 1.57 bits per heavy atom. The monoisotopic (exact) mass is 445 g/mol. The highest BCUT2D eigenvalue weighted by Gasteiger charge is 2.51. The Kier molecular flexibility index (Phi) is 5.45. The molecular formula is C19H20BF4NO4S. The van der Waals surface area contributed by atoms with E-state index in [-0.39, 0.29) is 0 Å². The molecule has 0 bridgehead atoms. The van der Waals surface area contributed by atoms with Crippen LogP contribution in [0, 0.1) is 5.82 Å². The van der Waals surface area contributed by atoms with E-state index >= 15 is 0 Å². The van der Waals surface area contributed by atoms with E-state index in [1.54, 1.807) is 0 Å². The standard InChI is InChI=1S/C19H20BF4NO4S/c1-17(2)18(3,4)29-20(28-17)13-8-9-16(15(21)11-13)25-30(26,27)14-7-5-6-12(10-14)19(22,23)24/h5-11,25H,1-4H3. The van der Waals surface area contributed by atoms with Gasteiger partial charge >= 0.3 is 13.3 Å². The van der Waals surface area contributed by atoms with Crippen LogP contribution in [0.4, 0.5) is 23.2 Å². The average Bonchev–Trinajstić information content (AvgIpc) is 2.83. The summed E-state index contributed by atoms with van der Waals surface area (Å²) < 4.78 is 91.7. The molecule has 0 aliphatic carbocycles. The van der Waals surface area contributed by atoms with Gasteiger partial charge in [-0.15, -0.1) is 0 Å². The van der Waals surface area contributed by atoms with E-state index in [9.17, 15) is 26.0 Å². The molecular weight excluding hydrogens is 425 g/mol. The number of hydrogen-bond acceptors (Lipinski definition) is 4. The maximum Gasteiger partial charge on any atom is 0.494 e. The van der Waals surface area contributed by atoms with Crippen LogP contribution in [0.2, 0.25) is 0 Å². The van der Waals surface area contributed by atoms with Gasteiger partial charge in [0.15, 0.2) is 0 Å². The van der Waals surface area contributed by atoms with Gasteiger partial charge in [0.1, 0.15) is 5.82 Å². The summed E-state index contributed by atoms with van der Waals surface area (Å²) in [5.74, 6) is -0.919. The predicted octanol–water partition coefficient (Wildman–Crippen LogP) is 3.94. The first-order chi connectivity index (χ1) is 13.6. The highest BCUT2D eigenvalue weighted by Crippen LogP contribution is 2.36. The van der Waals surface area contributed by atoms with Crippen molar-refractivity contribution in [3.05, 3.63) is 53.8 Å². The minimum Gasteiger partial charge on any atom is -0.399 e. The molecule has 2 aromatic rings. The van der Waals surface area contributed by atoms with E-state index in [1.807, 2.05) is 32.4 Å². The fourth-order valence-electron chi connectivity index (χ4n) is 2.78. The van der Waals surface area contributed by atoms with Crippen LogP contribution in [-0.2, 0) is 25.5 Å². The molecule has 3 rings (SSSR count). The summed E-state index contributed by atoms with van der Waals surface area (Å²) in [6.45, 7) is 7.34. The molecule has 1 saturated heterocycles. The van der Waals surface area contributed by atoms with Gasteiger partial charge in [-0.3, -0.25) is 4.72 Å². The van der Waals surface area contributed by atoms with Gasteiger partial charge in [-0.25, -0.2) is 12.8 Å². The van der Waals surface area contributed by atoms with Crippen LogP contribution in [0.3, 0.4) is 0 Å². The summed E-state index contributed by atoms with van der Waals surface area (Å²) in [4.78, 5) is -0.633. The van der Waals surface area contributed by atoms with Crippen molar-refractivity contribution in [1.29, 1.82) is 0 Å². The van der Waals surface area contributed by atoms with Crippen LogP contribution in [-0.4, -0.2) is 26.7 Å². The Morgan fingerprint density at radius 3 is 2.10 bits per heavy atom. The Bertz CT molecular complexity index is 1050. The van der Waals surface area contributed by atoms with Crippen molar-refractivity contribution in [1.82, 2.24) is 0 Å². The molecule has 0 radical (unpaired) electrons. The smallest absolute Gasteiger partial charge is 0.399 e. The molecule has 1 heterocycles. The zero-order valence-electron chi connectivity index (χ0n) is 16.7. The van der Waals surface area contributed by atoms with Gasteiger partial charge in [0.2, 0.25) is 0 Å². The molecule has 162 valence electrons. The van der Waals surface area contributed by atoms with Crippen LogP contribution < -0.4 is 10.2 Å². The molecule has 0 atom stereocenters. The summed E-state index contributed by atoms with van der Waals surface area (Å²) in [6.07, 6.45) is -4.71. The summed E-state index contributed by atoms with van der Waals surface area (Å²) in [7, 11) is -5.29. The predicted molar refractivity (Wildman–Crippen MR) is 104 cm³/mol. The normalized spacial score (nSPS) is 18.5. The zero-order valence-corrected chi connectivity index (χ0v) is 17.5. The van der Waals surface area contributed by atoms with Crippen molar-refractivity contribution in [2.75, 3.05) is 4.72 Å². The highest BCUT2D eigenvalue weighted by molar-refractivity contribution is 7.92. The fourth-order valence-corrected chi connectivity index (χ4v) is 3.90. The van der Waals surface area contributed by atoms with Crippen LogP contribution >= 0.6 is 0 Å². The van der Waals surface area contributed by atoms with Gasteiger partial charge in [0.25, 0.3) is 10.0 Å². The lowest BCUT2D eigenvalue weighted by atomic mass is 9.79. The molecule has 0 amide bonds. The molecule has 1 aliphatic rings. The molecule has 1 aliphatic heterocycles. The second kappa shape index (κ2) is 7.24. The number of halogens is 4. The zero-order chi connectivity index (χ0) is 22.5. The number of rotatable bonds is 4. The molecule has 1 fully saturated rings. The van der Waals surface area contributed by atoms with Crippen molar-refractivity contribution in [2.24, 2.45) is 0 Å². The van der Waals surface area contributed by atoms with E-state index in [0.29, 0.717) is 11.5 Å². The lowest BCUT2D eigenvalue weighted by Gasteiger charge is -2.32. The van der Waals surface area contributed by atoms with E-state index in [4.69, 9.17) is 9.31 Å². The minimum absolute atomic E-state index is 0.341. The summed E-state index contributed by atoms with van der Waals surface area (Å²) in [6, 6.07) is 6.85. The maximum absolute atomic E-state index is 14.6. The first-order valence-corrected chi connectivity index (χ1v) is 10.5. The van der Waals surface area contributed by atoms with E-state index < -0.39 is 56.5 Å². The first-order valence-electron chi connectivity index (χ1n) is 8.98. The SMILES string of the molecule is CC1(C)OB(c2ccc(NS(=O)(=O)c3cccc(C(F)(F)F)c3)c(F)c2)OC1(C)C. The Balaban J connectivity index is 1.85. The van der Waals surface area contributed by atoms with Crippen LogP contribution in [0.1, 0.15) is 33.3 Å². The quantitative estimate of drug-likeness (QED) is 0.572. The van der Waals surface area contributed by atoms with Crippen molar-refractivity contribution in [2.45, 2.75) is 50.0 Å². The summed E-state index contributed by atoms with van der Waals surface area (Å²) in [5, 5.41) is 0.